The predicted octanol–water partition coefficient (Wildman–Crippen LogP) is 1.13. The third-order valence-corrected chi connectivity index (χ3v) is 4.19. The van der Waals surface area contributed by atoms with Crippen LogP contribution in [0, 0.1) is 0 Å². The highest BCUT2D eigenvalue weighted by Gasteiger charge is 2.09. The van der Waals surface area contributed by atoms with E-state index in [1.54, 1.807) is 0 Å². The summed E-state index contributed by atoms with van der Waals surface area (Å²) in [6.45, 7) is 7.14. The van der Waals surface area contributed by atoms with E-state index in [2.05, 4.69) is 24.4 Å². The van der Waals surface area contributed by atoms with E-state index in [1.807, 2.05) is 0 Å². The molecule has 1 heterocycles. The highest BCUT2D eigenvalue weighted by molar-refractivity contribution is 6.42. The number of nitrogens with zero attached hydrogens (tertiary/aromatic N) is 1. The molecule has 1 aliphatic heterocycles. The third kappa shape index (κ3) is 3.73. The molecule has 0 N–H and O–H groups in total. The number of likely N-dealkylation sites (tertiary alicyclic amines) is 1. The Balaban J connectivity index is 2.07. The lowest BCUT2D eigenvalue weighted by Crippen LogP contribution is -2.24. The Bertz CT molecular complexity index is 132. The van der Waals surface area contributed by atoms with Crippen molar-refractivity contribution in [3.8, 4) is 0 Å². The van der Waals surface area contributed by atoms with Crippen molar-refractivity contribution in [2.75, 3.05) is 19.3 Å². The molecule has 1 rings (SSSR count). The Morgan fingerprint density at radius 3 is 2.55 bits per heavy atom. The maximum absolute atomic E-state index is 2.62. The molecule has 0 bridgehead atoms. The van der Waals surface area contributed by atoms with E-state index < -0.39 is 0 Å². The van der Waals surface area contributed by atoms with Gasteiger partial charge in [-0.25, -0.2) is 0 Å². The van der Waals surface area contributed by atoms with E-state index in [0.717, 1.165) is 0 Å². The molecule has 0 unspecified atom stereocenters. The lowest BCUT2D eigenvalue weighted by molar-refractivity contribution is 0.395. The maximum atomic E-state index is 2.62. The quantitative estimate of drug-likeness (QED) is 0.573. The molecule has 0 aromatic rings. The highest BCUT2D eigenvalue weighted by Crippen LogP contribution is 2.05. The van der Waals surface area contributed by atoms with Gasteiger partial charge in [-0.2, -0.15) is 0 Å². The van der Waals surface area contributed by atoms with Gasteiger partial charge in [0.2, 0.25) is 0 Å². The Hall–Kier alpha value is -0.0831. The van der Waals surface area contributed by atoms with Crippen molar-refractivity contribution in [3.05, 3.63) is 11.3 Å². The lowest BCUT2D eigenvalue weighted by Gasteiger charge is -2.11. The van der Waals surface area contributed by atoms with E-state index in [4.69, 9.17) is 0 Å². The molecule has 11 heavy (non-hydrogen) atoms. The van der Waals surface area contributed by atoms with Crippen molar-refractivity contribution < 1.29 is 0 Å². The average molecular weight is 169 g/mol. The van der Waals surface area contributed by atoms with Crippen LogP contribution in [0.25, 0.3) is 0 Å². The minimum atomic E-state index is 0.0983. The molecule has 0 aromatic carbocycles. The first-order valence-corrected chi connectivity index (χ1v) is 6.46. The van der Waals surface area contributed by atoms with Crippen LogP contribution in [-0.4, -0.2) is 33.7 Å². The number of hydrogen-bond donors (Lipinski definition) is 0. The van der Waals surface area contributed by atoms with Gasteiger partial charge in [-0.1, -0.05) is 5.57 Å². The van der Waals surface area contributed by atoms with Crippen LogP contribution in [-0.2, 0) is 0 Å². The van der Waals surface area contributed by atoms with Gasteiger partial charge in [0.25, 0.3) is 0 Å². The summed E-state index contributed by atoms with van der Waals surface area (Å²) in [6, 6.07) is 0. The number of allylic oxidation sites excluding steroid dienone is 1. The van der Waals surface area contributed by atoms with Gasteiger partial charge in [0.05, 0.1) is 9.52 Å². The zero-order valence-corrected chi connectivity index (χ0v) is 9.18. The molecule has 1 nitrogen and oxygen atoms in total. The summed E-state index contributed by atoms with van der Waals surface area (Å²) in [5.41, 5.74) is 3.98. The highest BCUT2D eigenvalue weighted by atomic mass is 28.2. The Morgan fingerprint density at radius 2 is 2.00 bits per heavy atom. The van der Waals surface area contributed by atoms with Crippen molar-refractivity contribution in [2.45, 2.75) is 26.7 Å². The molecule has 0 radical (unpaired) electrons. The van der Waals surface area contributed by atoms with Crippen LogP contribution < -0.4 is 0 Å². The average Bonchev–Trinajstić information content (AvgIpc) is 2.39. The van der Waals surface area contributed by atoms with Gasteiger partial charge < -0.3 is 4.90 Å². The summed E-state index contributed by atoms with van der Waals surface area (Å²) in [5.74, 6) is 0. The Labute approximate surface area is 72.3 Å². The van der Waals surface area contributed by atoms with Gasteiger partial charge in [-0.15, -0.1) is 5.70 Å². The number of hydrogen-bond acceptors (Lipinski definition) is 1. The monoisotopic (exact) mass is 169 g/mol. The topological polar surface area (TPSA) is 3.24 Å². The Morgan fingerprint density at radius 1 is 1.36 bits per heavy atom. The molecule has 1 saturated heterocycles. The van der Waals surface area contributed by atoms with Gasteiger partial charge in [0, 0.05) is 0 Å². The fraction of sp³-hybridized carbons (Fsp3) is 0.778. The van der Waals surface area contributed by atoms with E-state index in [0.29, 0.717) is 0 Å². The second-order valence-corrected chi connectivity index (χ2v) is 5.05. The second-order valence-electron chi connectivity index (χ2n) is 3.62. The van der Waals surface area contributed by atoms with Gasteiger partial charge in [0.1, 0.15) is 0 Å². The molecule has 0 amide bonds. The zero-order valence-electron chi connectivity index (χ0n) is 7.77. The fourth-order valence-corrected chi connectivity index (χ4v) is 3.06. The van der Waals surface area contributed by atoms with Crippen molar-refractivity contribution in [2.24, 2.45) is 0 Å². The standard InChI is InChI=1S/C9H19NSi/c1-9(2)7-11-8-10-5-3-4-6-10/h7H,3-6,8,11H2,1-2H3. The van der Waals surface area contributed by atoms with Crippen molar-refractivity contribution in [1.82, 2.24) is 4.90 Å². The molecule has 1 aliphatic rings. The molecule has 0 saturated carbocycles. The van der Waals surface area contributed by atoms with Gasteiger partial charge in [-0.05, 0) is 45.9 Å². The summed E-state index contributed by atoms with van der Waals surface area (Å²) < 4.78 is 0. The van der Waals surface area contributed by atoms with Crippen LogP contribution in [0.2, 0.25) is 0 Å². The minimum Gasteiger partial charge on any atom is -0.306 e. The fourth-order valence-electron chi connectivity index (χ4n) is 1.54. The second kappa shape index (κ2) is 4.73. The van der Waals surface area contributed by atoms with Crippen LogP contribution in [0.3, 0.4) is 0 Å². The Kier molecular flexibility index (Phi) is 3.87. The van der Waals surface area contributed by atoms with Crippen LogP contribution >= 0.6 is 0 Å². The molecule has 0 aromatic heterocycles. The largest absolute Gasteiger partial charge is 0.306 e. The van der Waals surface area contributed by atoms with Crippen LogP contribution in [0.1, 0.15) is 26.7 Å². The summed E-state index contributed by atoms with van der Waals surface area (Å²) >= 11 is 0. The first-order chi connectivity index (χ1) is 5.29. The van der Waals surface area contributed by atoms with Crippen molar-refractivity contribution in [3.63, 3.8) is 0 Å². The number of rotatable bonds is 3. The molecule has 0 spiro atoms. The molecule has 1 fully saturated rings. The van der Waals surface area contributed by atoms with Crippen molar-refractivity contribution in [1.29, 1.82) is 0 Å². The predicted molar refractivity (Wildman–Crippen MR) is 53.6 cm³/mol. The summed E-state index contributed by atoms with van der Waals surface area (Å²) in [7, 11) is 0.0983. The lowest BCUT2D eigenvalue weighted by atomic mass is 10.4. The summed E-state index contributed by atoms with van der Waals surface area (Å²) in [4.78, 5) is 2.62. The van der Waals surface area contributed by atoms with E-state index in [-0.39, 0.29) is 9.52 Å². The molecular weight excluding hydrogens is 150 g/mol. The molecule has 0 atom stereocenters. The summed E-state index contributed by atoms with van der Waals surface area (Å²) in [6.07, 6.45) is 4.28. The van der Waals surface area contributed by atoms with Gasteiger partial charge in [-0.3, -0.25) is 0 Å². The van der Waals surface area contributed by atoms with E-state index in [9.17, 15) is 0 Å². The maximum Gasteiger partial charge on any atom is 0.0611 e. The zero-order chi connectivity index (χ0) is 8.10. The SMILES string of the molecule is CC(C)=C[SiH2]CN1CCCC1. The van der Waals surface area contributed by atoms with Crippen molar-refractivity contribution >= 4 is 9.52 Å². The molecule has 64 valence electrons. The molecule has 0 aliphatic carbocycles. The van der Waals surface area contributed by atoms with Crippen LogP contribution in [0.5, 0.6) is 0 Å². The first kappa shape index (κ1) is 9.01. The first-order valence-electron chi connectivity index (χ1n) is 4.65. The minimum absolute atomic E-state index is 0.0983. The van der Waals surface area contributed by atoms with Crippen LogP contribution in [0.15, 0.2) is 11.3 Å². The van der Waals surface area contributed by atoms with Gasteiger partial charge >= 0.3 is 0 Å². The van der Waals surface area contributed by atoms with Gasteiger partial charge in [0.15, 0.2) is 0 Å². The molecule has 2 heteroatoms. The normalized spacial score (nSPS) is 19.8. The van der Waals surface area contributed by atoms with E-state index in [1.165, 1.54) is 37.7 Å². The van der Waals surface area contributed by atoms with Crippen LogP contribution in [0.4, 0.5) is 0 Å². The molecular formula is C9H19NSi. The van der Waals surface area contributed by atoms with E-state index >= 15 is 0 Å². The smallest absolute Gasteiger partial charge is 0.0611 e. The third-order valence-electron chi connectivity index (χ3n) is 2.20. The summed E-state index contributed by atoms with van der Waals surface area (Å²) in [5, 5.41) is 0.